The molecule has 4 aliphatic rings. The van der Waals surface area contributed by atoms with Gasteiger partial charge in [-0.1, -0.05) is 53.9 Å². The zero-order chi connectivity index (χ0) is 22.2. The second-order valence-corrected chi connectivity index (χ2v) is 13.7. The molecular weight excluding hydrogens is 376 g/mol. The third-order valence-electron chi connectivity index (χ3n) is 11.7. The number of aliphatic hydroxyl groups is 1. The van der Waals surface area contributed by atoms with Crippen LogP contribution in [0, 0.1) is 58.2 Å². The number of aliphatic hydroxyl groups excluding tert-OH is 1. The summed E-state index contributed by atoms with van der Waals surface area (Å²) in [5.41, 5.74) is 1.26. The second-order valence-electron chi connectivity index (χ2n) is 13.7. The summed E-state index contributed by atoms with van der Waals surface area (Å²) in [5.74, 6) is 7.73. The minimum Gasteiger partial charge on any atom is -0.396 e. The molecule has 4 rings (SSSR count). The summed E-state index contributed by atoms with van der Waals surface area (Å²) < 4.78 is 0. The van der Waals surface area contributed by atoms with E-state index in [0.29, 0.717) is 17.4 Å². The molecule has 0 radical (unpaired) electrons. The van der Waals surface area contributed by atoms with Gasteiger partial charge in [-0.25, -0.2) is 0 Å². The monoisotopic (exact) mass is 430 g/mol. The molecule has 31 heavy (non-hydrogen) atoms. The predicted molar refractivity (Wildman–Crippen MR) is 133 cm³/mol. The van der Waals surface area contributed by atoms with E-state index in [0.717, 1.165) is 53.8 Å². The minimum atomic E-state index is 0.389. The lowest BCUT2D eigenvalue weighted by Gasteiger charge is -2.61. The average molecular weight is 431 g/mol. The zero-order valence-electron chi connectivity index (χ0n) is 21.7. The van der Waals surface area contributed by atoms with Crippen molar-refractivity contribution in [3.05, 3.63) is 0 Å². The largest absolute Gasteiger partial charge is 0.396 e. The molecular formula is C30H54O. The van der Waals surface area contributed by atoms with Crippen LogP contribution in [0.2, 0.25) is 0 Å². The number of hydrogen-bond donors (Lipinski definition) is 1. The Morgan fingerprint density at radius 1 is 0.806 bits per heavy atom. The van der Waals surface area contributed by atoms with Gasteiger partial charge in [0.05, 0.1) is 0 Å². The summed E-state index contributed by atoms with van der Waals surface area (Å²) in [7, 11) is 0. The van der Waals surface area contributed by atoms with Gasteiger partial charge in [0.15, 0.2) is 0 Å². The highest BCUT2D eigenvalue weighted by atomic mass is 16.2. The Labute approximate surface area is 194 Å². The van der Waals surface area contributed by atoms with Crippen molar-refractivity contribution in [1.82, 2.24) is 0 Å². The van der Waals surface area contributed by atoms with Gasteiger partial charge in [0, 0.05) is 6.61 Å². The van der Waals surface area contributed by atoms with Crippen LogP contribution in [0.3, 0.4) is 0 Å². The maximum Gasteiger partial charge on any atom is 0.0431 e. The van der Waals surface area contributed by atoms with Gasteiger partial charge in [0.1, 0.15) is 0 Å². The Morgan fingerprint density at radius 2 is 1.55 bits per heavy atom. The average Bonchev–Trinajstić information content (AvgIpc) is 3.09. The van der Waals surface area contributed by atoms with E-state index in [9.17, 15) is 5.11 Å². The first-order chi connectivity index (χ1) is 14.8. The molecule has 180 valence electrons. The molecule has 0 aromatic heterocycles. The van der Waals surface area contributed by atoms with Crippen LogP contribution in [-0.4, -0.2) is 11.7 Å². The fourth-order valence-electron chi connectivity index (χ4n) is 10.0. The van der Waals surface area contributed by atoms with Crippen LogP contribution in [0.5, 0.6) is 0 Å². The SMILES string of the molecule is CC(C)CCCC(C)C1CCC2C3CCC4CC(CCCO)CCC4(C)C3CCC12C. The molecule has 0 bridgehead atoms. The first kappa shape index (κ1) is 24.1. The van der Waals surface area contributed by atoms with Crippen molar-refractivity contribution in [3.8, 4) is 0 Å². The highest BCUT2D eigenvalue weighted by molar-refractivity contribution is 5.09. The maximum atomic E-state index is 9.28. The molecule has 1 nitrogen and oxygen atoms in total. The summed E-state index contributed by atoms with van der Waals surface area (Å²) >= 11 is 0. The van der Waals surface area contributed by atoms with Crippen molar-refractivity contribution in [2.75, 3.05) is 6.61 Å². The lowest BCUT2D eigenvalue weighted by atomic mass is 9.44. The van der Waals surface area contributed by atoms with E-state index in [-0.39, 0.29) is 0 Å². The first-order valence-electron chi connectivity index (χ1n) is 14.4. The lowest BCUT2D eigenvalue weighted by Crippen LogP contribution is -2.53. The highest BCUT2D eigenvalue weighted by Crippen LogP contribution is 2.68. The lowest BCUT2D eigenvalue weighted by molar-refractivity contribution is -0.121. The summed E-state index contributed by atoms with van der Waals surface area (Å²) in [6.45, 7) is 13.2. The van der Waals surface area contributed by atoms with Crippen molar-refractivity contribution < 1.29 is 5.11 Å². The Morgan fingerprint density at radius 3 is 2.29 bits per heavy atom. The Balaban J connectivity index is 1.41. The molecule has 1 heteroatoms. The zero-order valence-corrected chi connectivity index (χ0v) is 21.7. The minimum absolute atomic E-state index is 0.389. The highest BCUT2D eigenvalue weighted by Gasteiger charge is 2.60. The fraction of sp³-hybridized carbons (Fsp3) is 1.00. The standard InChI is InChI=1S/C30H54O/c1-21(2)8-6-9-22(3)26-13-14-27-25-12-11-24-20-23(10-7-19-31)15-17-29(24,4)28(25)16-18-30(26,27)5/h21-28,31H,6-20H2,1-5H3. The third kappa shape index (κ3) is 4.52. The summed E-state index contributed by atoms with van der Waals surface area (Å²) in [5, 5.41) is 9.28. The van der Waals surface area contributed by atoms with Gasteiger partial charge >= 0.3 is 0 Å². The van der Waals surface area contributed by atoms with Crippen molar-refractivity contribution in [2.24, 2.45) is 58.2 Å². The summed E-state index contributed by atoms with van der Waals surface area (Å²) in [6.07, 6.45) is 20.2. The van der Waals surface area contributed by atoms with Crippen LogP contribution in [0.4, 0.5) is 0 Å². The van der Waals surface area contributed by atoms with Crippen LogP contribution in [0.25, 0.3) is 0 Å². The Kier molecular flexibility index (Phi) is 7.52. The summed E-state index contributed by atoms with van der Waals surface area (Å²) in [6, 6.07) is 0. The normalized spacial score (nSPS) is 45.8. The quantitative estimate of drug-likeness (QED) is 0.409. The molecule has 0 aliphatic heterocycles. The van der Waals surface area contributed by atoms with Crippen LogP contribution >= 0.6 is 0 Å². The van der Waals surface area contributed by atoms with Crippen LogP contribution in [-0.2, 0) is 0 Å². The van der Waals surface area contributed by atoms with E-state index >= 15 is 0 Å². The number of hydrogen-bond acceptors (Lipinski definition) is 1. The van der Waals surface area contributed by atoms with Gasteiger partial charge < -0.3 is 5.11 Å². The van der Waals surface area contributed by atoms with E-state index in [4.69, 9.17) is 0 Å². The Bertz CT molecular complexity index is 583. The van der Waals surface area contributed by atoms with Crippen molar-refractivity contribution in [3.63, 3.8) is 0 Å². The molecule has 0 aromatic rings. The van der Waals surface area contributed by atoms with E-state index in [1.54, 1.807) is 0 Å². The van der Waals surface area contributed by atoms with E-state index < -0.39 is 0 Å². The molecule has 9 atom stereocenters. The summed E-state index contributed by atoms with van der Waals surface area (Å²) in [4.78, 5) is 0. The second kappa shape index (κ2) is 9.68. The molecule has 0 saturated heterocycles. The molecule has 4 fully saturated rings. The van der Waals surface area contributed by atoms with Gasteiger partial charge in [-0.05, 0) is 129 Å². The third-order valence-corrected chi connectivity index (χ3v) is 11.7. The van der Waals surface area contributed by atoms with E-state index in [1.165, 1.54) is 83.5 Å². The van der Waals surface area contributed by atoms with Crippen LogP contribution in [0.1, 0.15) is 125 Å². The molecule has 1 N–H and O–H groups in total. The van der Waals surface area contributed by atoms with Gasteiger partial charge in [0.2, 0.25) is 0 Å². The van der Waals surface area contributed by atoms with Crippen molar-refractivity contribution in [1.29, 1.82) is 0 Å². The van der Waals surface area contributed by atoms with Crippen LogP contribution in [0.15, 0.2) is 0 Å². The molecule has 4 saturated carbocycles. The van der Waals surface area contributed by atoms with Crippen molar-refractivity contribution in [2.45, 2.75) is 125 Å². The topological polar surface area (TPSA) is 20.2 Å². The molecule has 4 aliphatic carbocycles. The smallest absolute Gasteiger partial charge is 0.0431 e. The number of fused-ring (bicyclic) bond motifs is 5. The van der Waals surface area contributed by atoms with Crippen molar-refractivity contribution >= 4 is 0 Å². The van der Waals surface area contributed by atoms with E-state index in [2.05, 4.69) is 34.6 Å². The van der Waals surface area contributed by atoms with Gasteiger partial charge in [-0.15, -0.1) is 0 Å². The maximum absolute atomic E-state index is 9.28. The molecule has 0 amide bonds. The Hall–Kier alpha value is -0.0400. The van der Waals surface area contributed by atoms with Crippen LogP contribution < -0.4 is 0 Å². The predicted octanol–water partition coefficient (Wildman–Crippen LogP) is 8.50. The van der Waals surface area contributed by atoms with Gasteiger partial charge in [-0.2, -0.15) is 0 Å². The van der Waals surface area contributed by atoms with Gasteiger partial charge in [-0.3, -0.25) is 0 Å². The fourth-order valence-corrected chi connectivity index (χ4v) is 10.0. The first-order valence-corrected chi connectivity index (χ1v) is 14.4. The molecule has 0 aromatic carbocycles. The molecule has 9 unspecified atom stereocenters. The van der Waals surface area contributed by atoms with Gasteiger partial charge in [0.25, 0.3) is 0 Å². The molecule has 0 heterocycles. The number of rotatable bonds is 8. The molecule has 0 spiro atoms. The van der Waals surface area contributed by atoms with E-state index in [1.807, 2.05) is 0 Å².